The van der Waals surface area contributed by atoms with E-state index in [2.05, 4.69) is 20.8 Å². The molecule has 0 spiro atoms. The molecular weight excluding hydrogens is 308 g/mol. The van der Waals surface area contributed by atoms with Crippen LogP contribution in [0, 0.1) is 0 Å². The molecule has 128 valence electrons. The number of urea groups is 1. The topological polar surface area (TPSA) is 100 Å². The van der Waals surface area contributed by atoms with E-state index in [1.807, 2.05) is 30.3 Å². The van der Waals surface area contributed by atoms with Gasteiger partial charge in [-0.25, -0.2) is 4.79 Å². The fourth-order valence-corrected chi connectivity index (χ4v) is 3.02. The first-order valence-corrected chi connectivity index (χ1v) is 8.20. The molecule has 1 atom stereocenters. The summed E-state index contributed by atoms with van der Waals surface area (Å²) in [6.45, 7) is 1.74. The van der Waals surface area contributed by atoms with E-state index in [1.54, 1.807) is 6.92 Å². The highest BCUT2D eigenvalue weighted by molar-refractivity contribution is 5.75. The van der Waals surface area contributed by atoms with Gasteiger partial charge in [-0.15, -0.1) is 0 Å². The number of carbonyl (C=O) groups excluding carboxylic acids is 1. The van der Waals surface area contributed by atoms with Crippen molar-refractivity contribution >= 4 is 6.03 Å². The Morgan fingerprint density at radius 3 is 2.71 bits per heavy atom. The van der Waals surface area contributed by atoms with Gasteiger partial charge in [-0.3, -0.25) is 0 Å². The monoisotopic (exact) mass is 330 g/mol. The second-order valence-electron chi connectivity index (χ2n) is 6.29. The minimum absolute atomic E-state index is 0.0465. The molecule has 1 aromatic heterocycles. The number of aromatic nitrogens is 2. The molecule has 7 heteroatoms. The van der Waals surface area contributed by atoms with Gasteiger partial charge in [0.05, 0.1) is 18.2 Å². The first-order chi connectivity index (χ1) is 11.6. The van der Waals surface area contributed by atoms with E-state index in [0.717, 1.165) is 31.2 Å². The minimum atomic E-state index is -0.504. The summed E-state index contributed by atoms with van der Waals surface area (Å²) < 4.78 is 5.26. The van der Waals surface area contributed by atoms with Crippen LogP contribution in [0.25, 0.3) is 11.5 Å². The Balaban J connectivity index is 1.62. The second-order valence-corrected chi connectivity index (χ2v) is 6.29. The van der Waals surface area contributed by atoms with Gasteiger partial charge in [0.15, 0.2) is 5.82 Å². The molecule has 2 amide bonds. The summed E-state index contributed by atoms with van der Waals surface area (Å²) in [6.07, 6.45) is 3.63. The molecule has 24 heavy (non-hydrogen) atoms. The van der Waals surface area contributed by atoms with Gasteiger partial charge in [0, 0.05) is 5.56 Å². The number of benzene rings is 1. The molecule has 3 N–H and O–H groups in total. The van der Waals surface area contributed by atoms with Gasteiger partial charge in [0.25, 0.3) is 5.89 Å². The lowest BCUT2D eigenvalue weighted by molar-refractivity contribution is 0.161. The van der Waals surface area contributed by atoms with Crippen LogP contribution in [0.1, 0.15) is 44.5 Å². The highest BCUT2D eigenvalue weighted by Gasteiger charge is 2.35. The van der Waals surface area contributed by atoms with Gasteiger partial charge in [-0.1, -0.05) is 36.2 Å². The molecule has 0 radical (unpaired) electrons. The van der Waals surface area contributed by atoms with Crippen LogP contribution in [-0.2, 0) is 0 Å². The lowest BCUT2D eigenvalue weighted by atomic mass is 9.99. The normalized spacial score (nSPS) is 17.4. The number of rotatable bonds is 5. The van der Waals surface area contributed by atoms with Crippen molar-refractivity contribution in [2.24, 2.45) is 0 Å². The molecule has 3 rings (SSSR count). The van der Waals surface area contributed by atoms with Gasteiger partial charge in [-0.05, 0) is 31.9 Å². The molecule has 1 fully saturated rings. The first kappa shape index (κ1) is 16.4. The molecule has 1 aliphatic rings. The largest absolute Gasteiger partial charge is 0.394 e. The van der Waals surface area contributed by atoms with Gasteiger partial charge < -0.3 is 20.3 Å². The van der Waals surface area contributed by atoms with Crippen LogP contribution in [0.4, 0.5) is 4.79 Å². The van der Waals surface area contributed by atoms with E-state index in [4.69, 9.17) is 4.52 Å². The fraction of sp³-hybridized carbons (Fsp3) is 0.471. The zero-order valence-electron chi connectivity index (χ0n) is 13.7. The van der Waals surface area contributed by atoms with E-state index in [0.29, 0.717) is 11.7 Å². The van der Waals surface area contributed by atoms with Crippen molar-refractivity contribution in [2.45, 2.75) is 44.2 Å². The maximum atomic E-state index is 12.2. The summed E-state index contributed by atoms with van der Waals surface area (Å²) >= 11 is 0. The Bertz CT molecular complexity index is 680. The average molecular weight is 330 g/mol. The highest BCUT2D eigenvalue weighted by atomic mass is 16.5. The highest BCUT2D eigenvalue weighted by Crippen LogP contribution is 2.29. The molecule has 1 saturated carbocycles. The van der Waals surface area contributed by atoms with Crippen molar-refractivity contribution < 1.29 is 14.4 Å². The van der Waals surface area contributed by atoms with Gasteiger partial charge >= 0.3 is 6.03 Å². The summed E-state index contributed by atoms with van der Waals surface area (Å²) in [7, 11) is 0. The standard InChI is InChI=1S/C17H22N4O3/c1-12(18-16(23)20-17(11-22)9-5-6-10-17)14-19-15(24-21-14)13-7-3-2-4-8-13/h2-4,7-8,12,22H,5-6,9-11H2,1H3,(H2,18,20,23). The smallest absolute Gasteiger partial charge is 0.315 e. The Morgan fingerprint density at radius 1 is 1.33 bits per heavy atom. The number of amides is 2. The summed E-state index contributed by atoms with van der Waals surface area (Å²) in [5.41, 5.74) is 0.328. The fourth-order valence-electron chi connectivity index (χ4n) is 3.02. The van der Waals surface area contributed by atoms with Crippen molar-refractivity contribution in [3.05, 3.63) is 36.2 Å². The maximum Gasteiger partial charge on any atom is 0.315 e. The van der Waals surface area contributed by atoms with E-state index < -0.39 is 11.6 Å². The third-order valence-corrected chi connectivity index (χ3v) is 4.44. The van der Waals surface area contributed by atoms with Crippen molar-refractivity contribution in [2.75, 3.05) is 6.61 Å². The van der Waals surface area contributed by atoms with Crippen LogP contribution < -0.4 is 10.6 Å². The summed E-state index contributed by atoms with van der Waals surface area (Å²) in [5.74, 6) is 0.829. The van der Waals surface area contributed by atoms with Crippen LogP contribution in [0.15, 0.2) is 34.9 Å². The maximum absolute atomic E-state index is 12.2. The molecule has 2 aromatic rings. The molecule has 0 saturated heterocycles. The Morgan fingerprint density at radius 2 is 2.04 bits per heavy atom. The predicted octanol–water partition coefficient (Wildman–Crippen LogP) is 2.40. The van der Waals surface area contributed by atoms with Crippen LogP contribution in [0.5, 0.6) is 0 Å². The van der Waals surface area contributed by atoms with E-state index in [9.17, 15) is 9.90 Å². The third-order valence-electron chi connectivity index (χ3n) is 4.44. The minimum Gasteiger partial charge on any atom is -0.394 e. The second kappa shape index (κ2) is 7.00. The molecule has 0 aliphatic heterocycles. The van der Waals surface area contributed by atoms with Crippen molar-refractivity contribution in [3.63, 3.8) is 0 Å². The Kier molecular flexibility index (Phi) is 4.80. The van der Waals surface area contributed by atoms with Gasteiger partial charge in [0.2, 0.25) is 0 Å². The number of aliphatic hydroxyl groups excluding tert-OH is 1. The van der Waals surface area contributed by atoms with Crippen molar-refractivity contribution in [1.82, 2.24) is 20.8 Å². The lowest BCUT2D eigenvalue weighted by Crippen LogP contribution is -2.53. The zero-order valence-corrected chi connectivity index (χ0v) is 13.7. The van der Waals surface area contributed by atoms with E-state index >= 15 is 0 Å². The van der Waals surface area contributed by atoms with E-state index in [1.165, 1.54) is 0 Å². The zero-order chi connectivity index (χ0) is 17.0. The van der Waals surface area contributed by atoms with Gasteiger partial charge in [-0.2, -0.15) is 4.98 Å². The van der Waals surface area contributed by atoms with Crippen LogP contribution >= 0.6 is 0 Å². The van der Waals surface area contributed by atoms with Crippen LogP contribution in [0.3, 0.4) is 0 Å². The molecule has 1 aliphatic carbocycles. The SMILES string of the molecule is CC(NC(=O)NC1(CO)CCCC1)c1noc(-c2ccccc2)n1. The first-order valence-electron chi connectivity index (χ1n) is 8.20. The number of hydrogen-bond donors (Lipinski definition) is 3. The lowest BCUT2D eigenvalue weighted by Gasteiger charge is -2.28. The van der Waals surface area contributed by atoms with Gasteiger partial charge in [0.1, 0.15) is 0 Å². The Labute approximate surface area is 140 Å². The number of carbonyl (C=O) groups is 1. The molecule has 1 heterocycles. The molecule has 7 nitrogen and oxygen atoms in total. The van der Waals surface area contributed by atoms with E-state index in [-0.39, 0.29) is 12.6 Å². The number of nitrogens with one attached hydrogen (secondary N) is 2. The summed E-state index contributed by atoms with van der Waals surface area (Å²) in [5, 5.41) is 19.2. The molecule has 0 bridgehead atoms. The number of nitrogens with zero attached hydrogens (tertiary/aromatic N) is 2. The number of aliphatic hydroxyl groups is 1. The van der Waals surface area contributed by atoms with Crippen LogP contribution in [-0.4, -0.2) is 33.4 Å². The summed E-state index contributed by atoms with van der Waals surface area (Å²) in [4.78, 5) is 16.5. The quantitative estimate of drug-likeness (QED) is 0.781. The summed E-state index contributed by atoms with van der Waals surface area (Å²) in [6, 6.07) is 8.73. The van der Waals surface area contributed by atoms with Crippen molar-refractivity contribution in [1.29, 1.82) is 0 Å². The van der Waals surface area contributed by atoms with Crippen LogP contribution in [0.2, 0.25) is 0 Å². The number of hydrogen-bond acceptors (Lipinski definition) is 5. The third kappa shape index (κ3) is 3.56. The predicted molar refractivity (Wildman–Crippen MR) is 88.1 cm³/mol. The molecule has 1 unspecified atom stereocenters. The Hall–Kier alpha value is -2.41. The molecular formula is C17H22N4O3. The average Bonchev–Trinajstić information content (AvgIpc) is 3.25. The molecule has 1 aromatic carbocycles. The van der Waals surface area contributed by atoms with Crippen molar-refractivity contribution in [3.8, 4) is 11.5 Å².